The van der Waals surface area contributed by atoms with Crippen LogP contribution in [0.15, 0.2) is 12.4 Å². The fourth-order valence-electron chi connectivity index (χ4n) is 1.94. The van der Waals surface area contributed by atoms with Crippen LogP contribution in [0.2, 0.25) is 0 Å². The second-order valence-corrected chi connectivity index (χ2v) is 4.26. The summed E-state index contributed by atoms with van der Waals surface area (Å²) < 4.78 is 1.92. The molecule has 0 aromatic carbocycles. The zero-order valence-corrected chi connectivity index (χ0v) is 8.89. The van der Waals surface area contributed by atoms with Crippen molar-refractivity contribution in [1.29, 1.82) is 0 Å². The molecule has 4 heteroatoms. The first-order valence-corrected chi connectivity index (χ1v) is 5.45. The number of carboxylic acid groups (broad SMARTS) is 1. The molecular formula is C11H16N2O2. The first kappa shape index (κ1) is 10.2. The Bertz CT molecular complexity index is 359. The van der Waals surface area contributed by atoms with Crippen LogP contribution in [-0.4, -0.2) is 20.9 Å². The van der Waals surface area contributed by atoms with Crippen LogP contribution in [0.5, 0.6) is 0 Å². The Morgan fingerprint density at radius 3 is 3.13 bits per heavy atom. The molecule has 1 fully saturated rings. The van der Waals surface area contributed by atoms with E-state index in [1.54, 1.807) is 0 Å². The lowest BCUT2D eigenvalue weighted by molar-refractivity contribution is -0.138. The van der Waals surface area contributed by atoms with Crippen molar-refractivity contribution in [3.63, 3.8) is 0 Å². The van der Waals surface area contributed by atoms with Crippen molar-refractivity contribution < 1.29 is 9.90 Å². The van der Waals surface area contributed by atoms with Crippen LogP contribution in [0.25, 0.3) is 0 Å². The second-order valence-electron chi connectivity index (χ2n) is 4.26. The van der Waals surface area contributed by atoms with Gasteiger partial charge in [0.25, 0.3) is 0 Å². The predicted molar refractivity (Wildman–Crippen MR) is 55.5 cm³/mol. The molecule has 0 amide bonds. The van der Waals surface area contributed by atoms with E-state index in [-0.39, 0.29) is 5.92 Å². The maximum Gasteiger partial charge on any atom is 0.306 e. The first-order chi connectivity index (χ1) is 7.20. The molecule has 2 rings (SSSR count). The van der Waals surface area contributed by atoms with E-state index in [2.05, 4.69) is 12.0 Å². The highest BCUT2D eigenvalue weighted by atomic mass is 16.4. The molecule has 15 heavy (non-hydrogen) atoms. The largest absolute Gasteiger partial charge is 0.481 e. The number of aryl methyl sites for hydroxylation is 1. The van der Waals surface area contributed by atoms with Crippen molar-refractivity contribution in [2.24, 2.45) is 11.8 Å². The highest BCUT2D eigenvalue weighted by Gasteiger charge is 2.42. The lowest BCUT2D eigenvalue weighted by atomic mass is 10.1. The molecule has 1 N–H and O–H groups in total. The van der Waals surface area contributed by atoms with Crippen molar-refractivity contribution in [3.8, 4) is 0 Å². The van der Waals surface area contributed by atoms with E-state index >= 15 is 0 Å². The average molecular weight is 208 g/mol. The van der Waals surface area contributed by atoms with Gasteiger partial charge < -0.3 is 5.11 Å². The lowest BCUT2D eigenvalue weighted by Gasteiger charge is -1.95. The van der Waals surface area contributed by atoms with E-state index in [0.717, 1.165) is 31.4 Å². The second kappa shape index (κ2) is 4.04. The minimum absolute atomic E-state index is 0.112. The standard InChI is InChI=1S/C11H16N2O2/c1-2-3-13-7-8(6-12-13)4-9-5-10(9)11(14)15/h6-7,9-10H,2-5H2,1H3,(H,14,15)/t9-,10-/m1/s1. The highest BCUT2D eigenvalue weighted by molar-refractivity contribution is 5.73. The Kier molecular flexibility index (Phi) is 2.75. The molecule has 1 aliphatic carbocycles. The van der Waals surface area contributed by atoms with Crippen molar-refractivity contribution >= 4 is 5.97 Å². The van der Waals surface area contributed by atoms with E-state index in [0.29, 0.717) is 5.92 Å². The number of carboxylic acids is 1. The SMILES string of the molecule is CCCn1cc(C[C@@H]2C[C@H]2C(=O)O)cn1. The molecule has 1 aliphatic rings. The zero-order chi connectivity index (χ0) is 10.8. The lowest BCUT2D eigenvalue weighted by Crippen LogP contribution is -2.00. The molecule has 0 spiro atoms. The summed E-state index contributed by atoms with van der Waals surface area (Å²) in [5.74, 6) is -0.428. The summed E-state index contributed by atoms with van der Waals surface area (Å²) in [6, 6.07) is 0. The molecule has 0 aliphatic heterocycles. The quantitative estimate of drug-likeness (QED) is 0.798. The van der Waals surface area contributed by atoms with Gasteiger partial charge in [0.2, 0.25) is 0 Å². The molecule has 0 radical (unpaired) electrons. The third-order valence-electron chi connectivity index (χ3n) is 2.88. The summed E-state index contributed by atoms with van der Waals surface area (Å²) in [5, 5.41) is 13.0. The molecule has 0 bridgehead atoms. The summed E-state index contributed by atoms with van der Waals surface area (Å²) in [6.45, 7) is 3.05. The van der Waals surface area contributed by atoms with Gasteiger partial charge in [-0.3, -0.25) is 9.48 Å². The topological polar surface area (TPSA) is 55.1 Å². The van der Waals surface area contributed by atoms with Gasteiger partial charge >= 0.3 is 5.97 Å². The summed E-state index contributed by atoms with van der Waals surface area (Å²) in [4.78, 5) is 10.6. The minimum atomic E-state index is -0.652. The van der Waals surface area contributed by atoms with E-state index in [1.807, 2.05) is 17.1 Å². The minimum Gasteiger partial charge on any atom is -0.481 e. The molecule has 1 heterocycles. The summed E-state index contributed by atoms with van der Waals surface area (Å²) in [6.07, 6.45) is 6.64. The van der Waals surface area contributed by atoms with Crippen LogP contribution in [0.1, 0.15) is 25.3 Å². The molecule has 1 saturated carbocycles. The third-order valence-corrected chi connectivity index (χ3v) is 2.88. The molecule has 1 aromatic rings. The molecule has 4 nitrogen and oxygen atoms in total. The third kappa shape index (κ3) is 2.37. The van der Waals surface area contributed by atoms with Crippen molar-refractivity contribution in [3.05, 3.63) is 18.0 Å². The number of hydrogen-bond donors (Lipinski definition) is 1. The van der Waals surface area contributed by atoms with Crippen LogP contribution < -0.4 is 0 Å². The van der Waals surface area contributed by atoms with Crippen molar-refractivity contribution in [2.75, 3.05) is 0 Å². The van der Waals surface area contributed by atoms with Crippen LogP contribution in [0.3, 0.4) is 0 Å². The summed E-state index contributed by atoms with van der Waals surface area (Å²) in [5.41, 5.74) is 1.16. The van der Waals surface area contributed by atoms with E-state index in [9.17, 15) is 4.79 Å². The number of rotatable bonds is 5. The van der Waals surface area contributed by atoms with Gasteiger partial charge in [-0.05, 0) is 30.7 Å². The monoisotopic (exact) mass is 208 g/mol. The zero-order valence-electron chi connectivity index (χ0n) is 8.89. The number of aromatic nitrogens is 2. The van der Waals surface area contributed by atoms with Crippen molar-refractivity contribution in [2.45, 2.75) is 32.7 Å². The van der Waals surface area contributed by atoms with Gasteiger partial charge in [-0.15, -0.1) is 0 Å². The predicted octanol–water partition coefficient (Wildman–Crippen LogP) is 1.56. The molecular weight excluding hydrogens is 192 g/mol. The Morgan fingerprint density at radius 2 is 2.53 bits per heavy atom. The Morgan fingerprint density at radius 1 is 1.73 bits per heavy atom. The average Bonchev–Trinajstić information content (AvgIpc) is 2.81. The van der Waals surface area contributed by atoms with E-state index in [1.165, 1.54) is 0 Å². The fourth-order valence-corrected chi connectivity index (χ4v) is 1.94. The number of carbonyl (C=O) groups is 1. The number of nitrogens with zero attached hydrogens (tertiary/aromatic N) is 2. The van der Waals surface area contributed by atoms with Gasteiger partial charge in [-0.1, -0.05) is 6.92 Å². The van der Waals surface area contributed by atoms with Crippen LogP contribution >= 0.6 is 0 Å². The molecule has 1 aromatic heterocycles. The Labute approximate surface area is 88.9 Å². The van der Waals surface area contributed by atoms with Gasteiger partial charge in [0, 0.05) is 12.7 Å². The smallest absolute Gasteiger partial charge is 0.306 e. The van der Waals surface area contributed by atoms with Gasteiger partial charge in [-0.25, -0.2) is 0 Å². The van der Waals surface area contributed by atoms with Gasteiger partial charge in [0.1, 0.15) is 0 Å². The van der Waals surface area contributed by atoms with Crippen LogP contribution in [-0.2, 0) is 17.8 Å². The number of aliphatic carboxylic acids is 1. The van der Waals surface area contributed by atoms with Gasteiger partial charge in [0.05, 0.1) is 12.1 Å². The molecule has 2 atom stereocenters. The molecule has 0 saturated heterocycles. The van der Waals surface area contributed by atoms with Gasteiger partial charge in [0.15, 0.2) is 0 Å². The normalized spacial score (nSPS) is 24.1. The first-order valence-electron chi connectivity index (χ1n) is 5.45. The Balaban J connectivity index is 1.87. The molecule has 82 valence electrons. The van der Waals surface area contributed by atoms with E-state index < -0.39 is 5.97 Å². The Hall–Kier alpha value is -1.32. The van der Waals surface area contributed by atoms with E-state index in [4.69, 9.17) is 5.11 Å². The maximum atomic E-state index is 10.6. The summed E-state index contributed by atoms with van der Waals surface area (Å²) in [7, 11) is 0. The summed E-state index contributed by atoms with van der Waals surface area (Å²) >= 11 is 0. The highest BCUT2D eigenvalue weighted by Crippen LogP contribution is 2.41. The van der Waals surface area contributed by atoms with Crippen LogP contribution in [0.4, 0.5) is 0 Å². The van der Waals surface area contributed by atoms with Crippen LogP contribution in [0, 0.1) is 11.8 Å². The molecule has 0 unspecified atom stereocenters. The number of hydrogen-bond acceptors (Lipinski definition) is 2. The maximum absolute atomic E-state index is 10.6. The van der Waals surface area contributed by atoms with Gasteiger partial charge in [-0.2, -0.15) is 5.10 Å². The van der Waals surface area contributed by atoms with Crippen molar-refractivity contribution in [1.82, 2.24) is 9.78 Å². The fraction of sp³-hybridized carbons (Fsp3) is 0.636.